The number of likely N-dealkylation sites (tertiary alicyclic amines) is 1. The first kappa shape index (κ1) is 15.5. The first-order valence-electron chi connectivity index (χ1n) is 7.05. The molecule has 1 aromatic heterocycles. The minimum atomic E-state index is -3.50. The molecule has 1 atom stereocenters. The van der Waals surface area contributed by atoms with E-state index in [1.54, 1.807) is 10.9 Å². The van der Waals surface area contributed by atoms with Crippen LogP contribution in [0.2, 0.25) is 0 Å². The second-order valence-electron chi connectivity index (χ2n) is 6.02. The summed E-state index contributed by atoms with van der Waals surface area (Å²) in [6.45, 7) is 11.5. The van der Waals surface area contributed by atoms with Gasteiger partial charge in [0.2, 0.25) is 10.0 Å². The molecule has 6 nitrogen and oxygen atoms in total. The third kappa shape index (κ3) is 3.05. The molecule has 1 aliphatic rings. The number of aryl methyl sites for hydroxylation is 1. The minimum absolute atomic E-state index is 0.0656. The summed E-state index contributed by atoms with van der Waals surface area (Å²) in [7, 11) is -3.50. The second kappa shape index (κ2) is 5.46. The van der Waals surface area contributed by atoms with Crippen LogP contribution in [0.4, 0.5) is 0 Å². The van der Waals surface area contributed by atoms with Crippen molar-refractivity contribution >= 4 is 10.0 Å². The highest BCUT2D eigenvalue weighted by Crippen LogP contribution is 2.30. The Labute approximate surface area is 121 Å². The van der Waals surface area contributed by atoms with Crippen molar-refractivity contribution in [2.45, 2.75) is 45.2 Å². The SMILES string of the molecule is CCN1CC(NS(=O)(=O)c2cnn(CC)c2)C(C)(C)C1. The summed E-state index contributed by atoms with van der Waals surface area (Å²) in [5.41, 5.74) is -0.0656. The Morgan fingerprint density at radius 1 is 1.40 bits per heavy atom. The third-order valence-electron chi connectivity index (χ3n) is 4.00. The van der Waals surface area contributed by atoms with Crippen LogP contribution in [-0.4, -0.2) is 48.8 Å². The molecule has 0 spiro atoms. The van der Waals surface area contributed by atoms with Crippen LogP contribution < -0.4 is 4.72 Å². The molecule has 2 rings (SSSR count). The van der Waals surface area contributed by atoms with Gasteiger partial charge in [-0.25, -0.2) is 13.1 Å². The van der Waals surface area contributed by atoms with Crippen LogP contribution in [0.1, 0.15) is 27.7 Å². The van der Waals surface area contributed by atoms with Gasteiger partial charge in [0, 0.05) is 31.9 Å². The van der Waals surface area contributed by atoms with Gasteiger partial charge in [-0.2, -0.15) is 5.10 Å². The molecular weight excluding hydrogens is 276 g/mol. The highest BCUT2D eigenvalue weighted by molar-refractivity contribution is 7.89. The van der Waals surface area contributed by atoms with E-state index in [1.807, 2.05) is 6.92 Å². The van der Waals surface area contributed by atoms with Crippen LogP contribution in [0.3, 0.4) is 0 Å². The van der Waals surface area contributed by atoms with Crippen LogP contribution in [-0.2, 0) is 16.6 Å². The first-order valence-corrected chi connectivity index (χ1v) is 8.54. The highest BCUT2D eigenvalue weighted by atomic mass is 32.2. The average molecular weight is 300 g/mol. The van der Waals surface area contributed by atoms with Crippen LogP contribution in [0.15, 0.2) is 17.3 Å². The van der Waals surface area contributed by atoms with Crippen LogP contribution in [0.25, 0.3) is 0 Å². The molecule has 0 radical (unpaired) electrons. The number of hydrogen-bond donors (Lipinski definition) is 1. The maximum absolute atomic E-state index is 12.4. The number of nitrogens with zero attached hydrogens (tertiary/aromatic N) is 3. The Balaban J connectivity index is 2.16. The van der Waals surface area contributed by atoms with Crippen molar-refractivity contribution in [3.05, 3.63) is 12.4 Å². The van der Waals surface area contributed by atoms with E-state index in [2.05, 4.69) is 35.5 Å². The predicted molar refractivity (Wildman–Crippen MR) is 77.9 cm³/mol. The normalized spacial score (nSPS) is 23.3. The smallest absolute Gasteiger partial charge is 0.244 e. The van der Waals surface area contributed by atoms with Crippen molar-refractivity contribution in [2.24, 2.45) is 5.41 Å². The summed E-state index contributed by atoms with van der Waals surface area (Å²) in [6, 6.07) is -0.0718. The van der Waals surface area contributed by atoms with Crippen molar-refractivity contribution in [3.8, 4) is 0 Å². The average Bonchev–Trinajstić information content (AvgIpc) is 2.94. The number of likely N-dealkylation sites (N-methyl/N-ethyl adjacent to an activating group) is 1. The monoisotopic (exact) mass is 300 g/mol. The van der Waals surface area contributed by atoms with E-state index in [4.69, 9.17) is 0 Å². The molecule has 20 heavy (non-hydrogen) atoms. The molecule has 1 aliphatic heterocycles. The number of aromatic nitrogens is 2. The first-order chi connectivity index (χ1) is 9.28. The van der Waals surface area contributed by atoms with Gasteiger partial charge in [0.25, 0.3) is 0 Å². The fraction of sp³-hybridized carbons (Fsp3) is 0.769. The Morgan fingerprint density at radius 2 is 2.10 bits per heavy atom. The Kier molecular flexibility index (Phi) is 4.22. The van der Waals surface area contributed by atoms with Crippen LogP contribution in [0.5, 0.6) is 0 Å². The molecule has 1 saturated heterocycles. The zero-order chi connectivity index (χ0) is 15.0. The molecule has 0 bridgehead atoms. The van der Waals surface area contributed by atoms with E-state index in [1.165, 1.54) is 6.20 Å². The van der Waals surface area contributed by atoms with E-state index in [0.29, 0.717) is 6.54 Å². The van der Waals surface area contributed by atoms with Crippen LogP contribution >= 0.6 is 0 Å². The lowest BCUT2D eigenvalue weighted by molar-refractivity contribution is 0.295. The van der Waals surface area contributed by atoms with E-state index in [-0.39, 0.29) is 16.4 Å². The minimum Gasteiger partial charge on any atom is -0.301 e. The molecule has 1 unspecified atom stereocenters. The van der Waals surface area contributed by atoms with Crippen LogP contribution in [0, 0.1) is 5.41 Å². The zero-order valence-corrected chi connectivity index (χ0v) is 13.4. The van der Waals surface area contributed by atoms with E-state index in [0.717, 1.165) is 19.6 Å². The molecule has 7 heteroatoms. The summed E-state index contributed by atoms with van der Waals surface area (Å²) in [5.74, 6) is 0. The molecular formula is C13H24N4O2S. The van der Waals surface area contributed by atoms with Crippen molar-refractivity contribution in [1.82, 2.24) is 19.4 Å². The fourth-order valence-corrected chi connectivity index (χ4v) is 3.96. The van der Waals surface area contributed by atoms with Gasteiger partial charge in [0.05, 0.1) is 6.20 Å². The van der Waals surface area contributed by atoms with Crippen molar-refractivity contribution in [3.63, 3.8) is 0 Å². The van der Waals surface area contributed by atoms with Gasteiger partial charge < -0.3 is 4.90 Å². The molecule has 0 aliphatic carbocycles. The lowest BCUT2D eigenvalue weighted by Crippen LogP contribution is -2.44. The summed E-state index contributed by atoms with van der Waals surface area (Å²) in [6.07, 6.45) is 2.98. The van der Waals surface area contributed by atoms with E-state index >= 15 is 0 Å². The third-order valence-corrected chi connectivity index (χ3v) is 5.43. The zero-order valence-electron chi connectivity index (χ0n) is 12.6. The largest absolute Gasteiger partial charge is 0.301 e. The lowest BCUT2D eigenvalue weighted by atomic mass is 9.89. The summed E-state index contributed by atoms with van der Waals surface area (Å²) in [4.78, 5) is 2.51. The van der Waals surface area contributed by atoms with Crippen molar-refractivity contribution in [1.29, 1.82) is 0 Å². The standard InChI is InChI=1S/C13H24N4O2S/c1-5-16-9-12(13(3,4)10-16)15-20(18,19)11-7-14-17(6-2)8-11/h7-8,12,15H,5-6,9-10H2,1-4H3. The molecule has 0 amide bonds. The predicted octanol–water partition coefficient (Wildman–Crippen LogP) is 0.912. The van der Waals surface area contributed by atoms with Gasteiger partial charge in [-0.15, -0.1) is 0 Å². The quantitative estimate of drug-likeness (QED) is 0.878. The van der Waals surface area contributed by atoms with Gasteiger partial charge in [-0.05, 0) is 18.9 Å². The van der Waals surface area contributed by atoms with Gasteiger partial charge in [0.1, 0.15) is 4.90 Å². The van der Waals surface area contributed by atoms with Gasteiger partial charge in [-0.3, -0.25) is 4.68 Å². The molecule has 0 saturated carbocycles. The second-order valence-corrected chi connectivity index (χ2v) is 7.74. The van der Waals surface area contributed by atoms with Gasteiger partial charge >= 0.3 is 0 Å². The van der Waals surface area contributed by atoms with Crippen molar-refractivity contribution in [2.75, 3.05) is 19.6 Å². The lowest BCUT2D eigenvalue weighted by Gasteiger charge is -2.26. The number of sulfonamides is 1. The summed E-state index contributed by atoms with van der Waals surface area (Å²) in [5, 5.41) is 4.03. The molecule has 2 heterocycles. The van der Waals surface area contributed by atoms with Crippen molar-refractivity contribution < 1.29 is 8.42 Å². The van der Waals surface area contributed by atoms with Gasteiger partial charge in [0.15, 0.2) is 0 Å². The summed E-state index contributed by atoms with van der Waals surface area (Å²) < 4.78 is 29.3. The molecule has 1 aromatic rings. The fourth-order valence-electron chi connectivity index (χ4n) is 2.61. The number of rotatable bonds is 5. The Bertz CT molecular complexity index is 565. The molecule has 114 valence electrons. The number of nitrogens with one attached hydrogen (secondary N) is 1. The molecule has 1 N–H and O–H groups in total. The molecule has 0 aromatic carbocycles. The maximum atomic E-state index is 12.4. The number of hydrogen-bond acceptors (Lipinski definition) is 4. The topological polar surface area (TPSA) is 67.2 Å². The van der Waals surface area contributed by atoms with E-state index < -0.39 is 10.0 Å². The molecule has 1 fully saturated rings. The Morgan fingerprint density at radius 3 is 2.60 bits per heavy atom. The van der Waals surface area contributed by atoms with E-state index in [9.17, 15) is 8.42 Å². The highest BCUT2D eigenvalue weighted by Gasteiger charge is 2.41. The maximum Gasteiger partial charge on any atom is 0.244 e. The van der Waals surface area contributed by atoms with Gasteiger partial charge in [-0.1, -0.05) is 20.8 Å². The summed E-state index contributed by atoms with van der Waals surface area (Å²) >= 11 is 0. The Hall–Kier alpha value is -0.920.